The maximum absolute atomic E-state index is 12.2. The van der Waals surface area contributed by atoms with E-state index < -0.39 is 0 Å². The van der Waals surface area contributed by atoms with Crippen molar-refractivity contribution >= 4 is 16.8 Å². The van der Waals surface area contributed by atoms with Crippen LogP contribution in [0.15, 0.2) is 59.4 Å². The van der Waals surface area contributed by atoms with Crippen LogP contribution in [0.1, 0.15) is 36.0 Å². The van der Waals surface area contributed by atoms with Crippen molar-refractivity contribution in [2.75, 3.05) is 0 Å². The summed E-state index contributed by atoms with van der Waals surface area (Å²) >= 11 is 0. The third-order valence-electron chi connectivity index (χ3n) is 4.41. The number of carbonyl (C=O) groups is 1. The Labute approximate surface area is 146 Å². The number of amides is 1. The summed E-state index contributed by atoms with van der Waals surface area (Å²) in [5.74, 6) is 0.0822. The Bertz CT molecular complexity index is 945. The van der Waals surface area contributed by atoms with E-state index >= 15 is 0 Å². The molecule has 0 saturated carbocycles. The molecule has 0 radical (unpaired) electrons. The van der Waals surface area contributed by atoms with Crippen molar-refractivity contribution in [2.45, 2.75) is 32.7 Å². The van der Waals surface area contributed by atoms with Gasteiger partial charge in [0.25, 0.3) is 5.56 Å². The van der Waals surface area contributed by atoms with Crippen LogP contribution < -0.4 is 10.9 Å². The number of hydrogen-bond acceptors (Lipinski definition) is 2. The summed E-state index contributed by atoms with van der Waals surface area (Å²) in [6.45, 7) is 4.27. The highest BCUT2D eigenvalue weighted by Gasteiger charge is 2.11. The molecule has 1 unspecified atom stereocenters. The van der Waals surface area contributed by atoms with Gasteiger partial charge in [-0.3, -0.25) is 9.59 Å². The highest BCUT2D eigenvalue weighted by molar-refractivity contribution is 5.80. The number of fused-ring (bicyclic) bond motifs is 1. The van der Waals surface area contributed by atoms with Gasteiger partial charge in [-0.2, -0.15) is 0 Å². The predicted molar refractivity (Wildman–Crippen MR) is 101 cm³/mol. The Morgan fingerprint density at radius 3 is 2.64 bits per heavy atom. The molecule has 0 bridgehead atoms. The lowest BCUT2D eigenvalue weighted by atomic mass is 9.97. The topological polar surface area (TPSA) is 62.0 Å². The molecule has 1 aromatic heterocycles. The van der Waals surface area contributed by atoms with E-state index in [9.17, 15) is 9.59 Å². The molecule has 0 saturated heterocycles. The number of carbonyl (C=O) groups excluding carboxylic acids is 1. The molecule has 3 aromatic rings. The van der Waals surface area contributed by atoms with E-state index in [1.807, 2.05) is 68.4 Å². The number of aromatic nitrogens is 1. The van der Waals surface area contributed by atoms with Gasteiger partial charge < -0.3 is 10.3 Å². The molecule has 1 atom stereocenters. The summed E-state index contributed by atoms with van der Waals surface area (Å²) in [6, 6.07) is 17.7. The Balaban J connectivity index is 1.66. The Kier molecular flexibility index (Phi) is 4.98. The Morgan fingerprint density at radius 1 is 1.12 bits per heavy atom. The summed E-state index contributed by atoms with van der Waals surface area (Å²) in [4.78, 5) is 27.2. The summed E-state index contributed by atoms with van der Waals surface area (Å²) in [5.41, 5.74) is 3.48. The third-order valence-corrected chi connectivity index (χ3v) is 4.41. The minimum Gasteiger partial charge on any atom is -0.352 e. The molecule has 3 rings (SSSR count). The van der Waals surface area contributed by atoms with Crippen LogP contribution in [0.4, 0.5) is 0 Å². The van der Waals surface area contributed by atoms with Gasteiger partial charge in [-0.15, -0.1) is 0 Å². The number of H-pyrrole nitrogens is 1. The van der Waals surface area contributed by atoms with E-state index in [4.69, 9.17) is 0 Å². The number of aromatic amines is 1. The van der Waals surface area contributed by atoms with Gasteiger partial charge in [0.15, 0.2) is 0 Å². The third kappa shape index (κ3) is 4.15. The molecule has 0 aliphatic heterocycles. The summed E-state index contributed by atoms with van der Waals surface area (Å²) in [5, 5.41) is 3.83. The van der Waals surface area contributed by atoms with Crippen LogP contribution >= 0.6 is 0 Å². The van der Waals surface area contributed by atoms with E-state index in [-0.39, 0.29) is 23.9 Å². The quantitative estimate of drug-likeness (QED) is 0.748. The van der Waals surface area contributed by atoms with Crippen molar-refractivity contribution in [1.82, 2.24) is 10.3 Å². The maximum atomic E-state index is 12.2. The van der Waals surface area contributed by atoms with Gasteiger partial charge in [0.05, 0.1) is 0 Å². The van der Waals surface area contributed by atoms with Crippen LogP contribution in [0.5, 0.6) is 0 Å². The molecule has 2 aromatic carbocycles. The first kappa shape index (κ1) is 17.0. The van der Waals surface area contributed by atoms with Crippen LogP contribution in [0, 0.1) is 6.92 Å². The summed E-state index contributed by atoms with van der Waals surface area (Å²) < 4.78 is 0. The largest absolute Gasteiger partial charge is 0.352 e. The normalized spacial score (nSPS) is 12.1. The van der Waals surface area contributed by atoms with Crippen molar-refractivity contribution in [3.8, 4) is 0 Å². The first-order chi connectivity index (χ1) is 12.0. The molecular formula is C21H22N2O2. The second-order valence-electron chi connectivity index (χ2n) is 6.51. The van der Waals surface area contributed by atoms with Gasteiger partial charge in [-0.25, -0.2) is 0 Å². The van der Waals surface area contributed by atoms with Crippen molar-refractivity contribution in [2.24, 2.45) is 0 Å². The van der Waals surface area contributed by atoms with Crippen LogP contribution in [0.3, 0.4) is 0 Å². The molecule has 0 fully saturated rings. The minimum atomic E-state index is -0.159. The molecule has 0 spiro atoms. The van der Waals surface area contributed by atoms with Crippen molar-refractivity contribution in [3.63, 3.8) is 0 Å². The minimum absolute atomic E-state index is 0.0555. The van der Waals surface area contributed by atoms with E-state index in [2.05, 4.69) is 10.3 Å². The summed E-state index contributed by atoms with van der Waals surface area (Å²) in [7, 11) is 0. The molecule has 1 heterocycles. The fourth-order valence-corrected chi connectivity index (χ4v) is 2.95. The number of benzene rings is 2. The molecular weight excluding hydrogens is 312 g/mol. The van der Waals surface area contributed by atoms with Crippen molar-refractivity contribution in [3.05, 3.63) is 81.6 Å². The molecule has 128 valence electrons. The van der Waals surface area contributed by atoms with E-state index in [0.717, 1.165) is 22.0 Å². The average molecular weight is 334 g/mol. The lowest BCUT2D eigenvalue weighted by Gasteiger charge is -2.12. The van der Waals surface area contributed by atoms with Crippen LogP contribution in [0.25, 0.3) is 10.9 Å². The van der Waals surface area contributed by atoms with Crippen LogP contribution in [-0.4, -0.2) is 10.9 Å². The molecule has 4 nitrogen and oxygen atoms in total. The summed E-state index contributed by atoms with van der Waals surface area (Å²) in [6.07, 6.45) is 0.397. The van der Waals surface area contributed by atoms with Gasteiger partial charge in [0, 0.05) is 24.0 Å². The monoisotopic (exact) mass is 334 g/mol. The van der Waals surface area contributed by atoms with Gasteiger partial charge in [0.2, 0.25) is 5.91 Å². The van der Waals surface area contributed by atoms with E-state index in [1.165, 1.54) is 0 Å². The smallest absolute Gasteiger partial charge is 0.253 e. The predicted octanol–water partition coefficient (Wildman–Crippen LogP) is 3.65. The van der Waals surface area contributed by atoms with Crippen molar-refractivity contribution < 1.29 is 4.79 Å². The van der Waals surface area contributed by atoms with Gasteiger partial charge in [-0.05, 0) is 42.0 Å². The van der Waals surface area contributed by atoms with Crippen LogP contribution in [-0.2, 0) is 11.3 Å². The molecule has 2 N–H and O–H groups in total. The number of aryl methyl sites for hydroxylation is 1. The molecule has 0 aliphatic carbocycles. The lowest BCUT2D eigenvalue weighted by Crippen LogP contribution is -2.27. The maximum Gasteiger partial charge on any atom is 0.253 e. The molecule has 4 heteroatoms. The second kappa shape index (κ2) is 7.34. The van der Waals surface area contributed by atoms with Gasteiger partial charge >= 0.3 is 0 Å². The fraction of sp³-hybridized carbons (Fsp3) is 0.238. The zero-order valence-corrected chi connectivity index (χ0v) is 14.5. The SMILES string of the molecule is Cc1ccc2[nH]c(=O)c(CNC(=O)CC(C)c3ccccc3)cc2c1. The number of rotatable bonds is 5. The molecule has 1 amide bonds. The van der Waals surface area contributed by atoms with Crippen LogP contribution in [0.2, 0.25) is 0 Å². The number of hydrogen-bond donors (Lipinski definition) is 2. The average Bonchev–Trinajstić information content (AvgIpc) is 2.61. The first-order valence-corrected chi connectivity index (χ1v) is 8.47. The molecule has 0 aliphatic rings. The van der Waals surface area contributed by atoms with Crippen molar-refractivity contribution in [1.29, 1.82) is 0 Å². The zero-order valence-electron chi connectivity index (χ0n) is 14.5. The highest BCUT2D eigenvalue weighted by Crippen LogP contribution is 2.18. The second-order valence-corrected chi connectivity index (χ2v) is 6.51. The number of nitrogens with one attached hydrogen (secondary N) is 2. The number of pyridine rings is 1. The standard InChI is InChI=1S/C21H22N2O2/c1-14-8-9-19-17(10-14)12-18(21(25)23-19)13-22-20(24)11-15(2)16-6-4-3-5-7-16/h3-10,12,15H,11,13H2,1-2H3,(H,22,24)(H,23,25). The highest BCUT2D eigenvalue weighted by atomic mass is 16.1. The molecule has 25 heavy (non-hydrogen) atoms. The Morgan fingerprint density at radius 2 is 1.88 bits per heavy atom. The lowest BCUT2D eigenvalue weighted by molar-refractivity contribution is -0.121. The van der Waals surface area contributed by atoms with E-state index in [0.29, 0.717) is 12.0 Å². The zero-order chi connectivity index (χ0) is 17.8. The van der Waals surface area contributed by atoms with Gasteiger partial charge in [0.1, 0.15) is 0 Å². The first-order valence-electron chi connectivity index (χ1n) is 8.47. The van der Waals surface area contributed by atoms with E-state index in [1.54, 1.807) is 0 Å². The Hall–Kier alpha value is -2.88. The van der Waals surface area contributed by atoms with Gasteiger partial charge in [-0.1, -0.05) is 48.9 Å². The fourth-order valence-electron chi connectivity index (χ4n) is 2.95.